The van der Waals surface area contributed by atoms with Gasteiger partial charge in [0.25, 0.3) is 0 Å². The van der Waals surface area contributed by atoms with Crippen LogP contribution in [0.1, 0.15) is 30.0 Å². The molecule has 5 nitrogen and oxygen atoms in total. The number of carbonyl (C=O) groups is 1. The number of aliphatic hydroxyl groups is 1. The second kappa shape index (κ2) is 7.61. The summed E-state index contributed by atoms with van der Waals surface area (Å²) < 4.78 is 5.43. The molecule has 0 bridgehead atoms. The number of hydrogen-bond donors (Lipinski definition) is 2. The number of carbonyl (C=O) groups excluding carboxylic acids is 1. The van der Waals surface area contributed by atoms with Gasteiger partial charge in [0.15, 0.2) is 0 Å². The molecule has 0 radical (unpaired) electrons. The summed E-state index contributed by atoms with van der Waals surface area (Å²) in [5, 5.41) is 12.6. The average molecular weight is 306 g/mol. The quantitative estimate of drug-likeness (QED) is 0.894. The largest absolute Gasteiger partial charge is 0.393 e. The van der Waals surface area contributed by atoms with Gasteiger partial charge in [0.2, 0.25) is 0 Å². The molecule has 1 aromatic carbocycles. The molecule has 1 fully saturated rings. The number of aryl methyl sites for hydroxylation is 2. The van der Waals surface area contributed by atoms with Crippen molar-refractivity contribution in [2.75, 3.05) is 19.8 Å². The van der Waals surface area contributed by atoms with Gasteiger partial charge in [-0.1, -0.05) is 18.2 Å². The number of ether oxygens (including phenoxy) is 1. The standard InChI is InChI=1S/C17H26N2O3/c1-12-5-4-6-13(2)16(12)10-18-17(21)19-7-8-22-11-15(19)9-14(3)20/h4-6,14-15,20H,7-11H2,1-3H3,(H,18,21). The fourth-order valence-electron chi connectivity index (χ4n) is 2.90. The Morgan fingerprint density at radius 1 is 1.45 bits per heavy atom. The minimum Gasteiger partial charge on any atom is -0.393 e. The fourth-order valence-corrected chi connectivity index (χ4v) is 2.90. The molecule has 22 heavy (non-hydrogen) atoms. The van der Waals surface area contributed by atoms with Crippen molar-refractivity contribution >= 4 is 6.03 Å². The summed E-state index contributed by atoms with van der Waals surface area (Å²) in [6.45, 7) is 7.97. The van der Waals surface area contributed by atoms with E-state index < -0.39 is 6.10 Å². The van der Waals surface area contributed by atoms with E-state index in [9.17, 15) is 9.90 Å². The van der Waals surface area contributed by atoms with Crippen LogP contribution in [0.2, 0.25) is 0 Å². The molecule has 2 N–H and O–H groups in total. The zero-order valence-electron chi connectivity index (χ0n) is 13.6. The van der Waals surface area contributed by atoms with Crippen LogP contribution in [-0.2, 0) is 11.3 Å². The summed E-state index contributed by atoms with van der Waals surface area (Å²) in [4.78, 5) is 14.2. The lowest BCUT2D eigenvalue weighted by Crippen LogP contribution is -2.53. The van der Waals surface area contributed by atoms with Crippen LogP contribution < -0.4 is 5.32 Å². The maximum atomic E-state index is 12.5. The number of aliphatic hydroxyl groups excluding tert-OH is 1. The Kier molecular flexibility index (Phi) is 5.80. The SMILES string of the molecule is Cc1cccc(C)c1CNC(=O)N1CCOCC1CC(C)O. The van der Waals surface area contributed by atoms with E-state index in [2.05, 4.69) is 31.3 Å². The third kappa shape index (κ3) is 4.21. The zero-order chi connectivity index (χ0) is 16.1. The van der Waals surface area contributed by atoms with Crippen molar-refractivity contribution in [3.8, 4) is 0 Å². The molecule has 0 aliphatic carbocycles. The molecule has 1 aliphatic rings. The van der Waals surface area contributed by atoms with Gasteiger partial charge in [-0.05, 0) is 43.9 Å². The van der Waals surface area contributed by atoms with E-state index in [-0.39, 0.29) is 12.1 Å². The average Bonchev–Trinajstić information content (AvgIpc) is 2.46. The van der Waals surface area contributed by atoms with Crippen LogP contribution in [0.15, 0.2) is 18.2 Å². The van der Waals surface area contributed by atoms with Crippen LogP contribution in [0.3, 0.4) is 0 Å². The van der Waals surface area contributed by atoms with Gasteiger partial charge in [-0.2, -0.15) is 0 Å². The topological polar surface area (TPSA) is 61.8 Å². The predicted octanol–water partition coefficient (Wildman–Crippen LogP) is 1.98. The Bertz CT molecular complexity index is 496. The Hall–Kier alpha value is -1.59. The number of nitrogens with one attached hydrogen (secondary N) is 1. The third-order valence-corrected chi connectivity index (χ3v) is 4.16. The van der Waals surface area contributed by atoms with Gasteiger partial charge >= 0.3 is 6.03 Å². The molecule has 5 heteroatoms. The first-order chi connectivity index (χ1) is 10.5. The molecule has 2 atom stereocenters. The van der Waals surface area contributed by atoms with Gasteiger partial charge in [-0.25, -0.2) is 4.79 Å². The molecule has 1 aliphatic heterocycles. The van der Waals surface area contributed by atoms with Gasteiger partial charge in [0.1, 0.15) is 0 Å². The molecular formula is C17H26N2O3. The summed E-state index contributed by atoms with van der Waals surface area (Å²) in [5.74, 6) is 0. The van der Waals surface area contributed by atoms with Gasteiger partial charge < -0.3 is 20.1 Å². The number of hydrogen-bond acceptors (Lipinski definition) is 3. The Morgan fingerprint density at radius 2 is 2.14 bits per heavy atom. The lowest BCUT2D eigenvalue weighted by molar-refractivity contribution is -0.00438. The van der Waals surface area contributed by atoms with E-state index in [1.54, 1.807) is 11.8 Å². The first-order valence-corrected chi connectivity index (χ1v) is 7.84. The summed E-state index contributed by atoms with van der Waals surface area (Å²) in [6.07, 6.45) is 0.0946. The second-order valence-corrected chi connectivity index (χ2v) is 6.04. The van der Waals surface area contributed by atoms with E-state index in [1.807, 2.05) is 6.07 Å². The van der Waals surface area contributed by atoms with E-state index in [0.717, 1.165) is 5.56 Å². The van der Waals surface area contributed by atoms with E-state index in [4.69, 9.17) is 4.74 Å². The van der Waals surface area contributed by atoms with Crippen LogP contribution in [0.5, 0.6) is 0 Å². The highest BCUT2D eigenvalue weighted by atomic mass is 16.5. The van der Waals surface area contributed by atoms with E-state index in [1.165, 1.54) is 11.1 Å². The van der Waals surface area contributed by atoms with E-state index >= 15 is 0 Å². The molecule has 0 aromatic heterocycles. The predicted molar refractivity (Wildman–Crippen MR) is 85.8 cm³/mol. The monoisotopic (exact) mass is 306 g/mol. The molecule has 1 saturated heterocycles. The number of rotatable bonds is 4. The van der Waals surface area contributed by atoms with Crippen LogP contribution in [0.4, 0.5) is 4.79 Å². The summed E-state index contributed by atoms with van der Waals surface area (Å²) >= 11 is 0. The highest BCUT2D eigenvalue weighted by Crippen LogP contribution is 2.15. The Morgan fingerprint density at radius 3 is 2.77 bits per heavy atom. The molecular weight excluding hydrogens is 280 g/mol. The lowest BCUT2D eigenvalue weighted by atomic mass is 10.0. The van der Waals surface area contributed by atoms with Gasteiger partial charge in [0, 0.05) is 13.1 Å². The number of nitrogens with zero attached hydrogens (tertiary/aromatic N) is 1. The zero-order valence-corrected chi connectivity index (χ0v) is 13.6. The first kappa shape index (κ1) is 16.8. The Labute approximate surface area is 132 Å². The van der Waals surface area contributed by atoms with Crippen LogP contribution >= 0.6 is 0 Å². The summed E-state index contributed by atoms with van der Waals surface area (Å²) in [5.41, 5.74) is 3.53. The smallest absolute Gasteiger partial charge is 0.318 e. The lowest BCUT2D eigenvalue weighted by Gasteiger charge is -2.36. The molecule has 0 spiro atoms. The highest BCUT2D eigenvalue weighted by Gasteiger charge is 2.28. The van der Waals surface area contributed by atoms with Crippen LogP contribution in [0.25, 0.3) is 0 Å². The fraction of sp³-hybridized carbons (Fsp3) is 0.588. The molecule has 2 amide bonds. The van der Waals surface area contributed by atoms with Crippen molar-refractivity contribution in [3.63, 3.8) is 0 Å². The summed E-state index contributed by atoms with van der Waals surface area (Å²) in [7, 11) is 0. The second-order valence-electron chi connectivity index (χ2n) is 6.04. The van der Waals surface area contributed by atoms with Crippen LogP contribution in [0, 0.1) is 13.8 Å². The molecule has 122 valence electrons. The van der Waals surface area contributed by atoms with Gasteiger partial charge in [0.05, 0.1) is 25.4 Å². The van der Waals surface area contributed by atoms with Crippen LogP contribution in [-0.4, -0.2) is 47.9 Å². The Balaban J connectivity index is 1.98. The maximum Gasteiger partial charge on any atom is 0.318 e. The van der Waals surface area contributed by atoms with Crippen molar-refractivity contribution in [2.45, 2.75) is 45.9 Å². The number of amides is 2. The minimum absolute atomic E-state index is 0.0632. The molecule has 1 heterocycles. The normalized spacial score (nSPS) is 19.8. The van der Waals surface area contributed by atoms with Gasteiger partial charge in [-0.15, -0.1) is 0 Å². The molecule has 1 aromatic rings. The van der Waals surface area contributed by atoms with Crippen molar-refractivity contribution in [3.05, 3.63) is 34.9 Å². The summed E-state index contributed by atoms with van der Waals surface area (Å²) in [6, 6.07) is 5.98. The maximum absolute atomic E-state index is 12.5. The highest BCUT2D eigenvalue weighted by molar-refractivity contribution is 5.74. The van der Waals surface area contributed by atoms with Gasteiger partial charge in [-0.3, -0.25) is 0 Å². The van der Waals surface area contributed by atoms with Crippen molar-refractivity contribution in [2.24, 2.45) is 0 Å². The third-order valence-electron chi connectivity index (χ3n) is 4.16. The van der Waals surface area contributed by atoms with Crippen molar-refractivity contribution in [1.82, 2.24) is 10.2 Å². The van der Waals surface area contributed by atoms with E-state index in [0.29, 0.717) is 32.7 Å². The molecule has 2 rings (SSSR count). The number of morpholine rings is 1. The first-order valence-electron chi connectivity index (χ1n) is 7.84. The van der Waals surface area contributed by atoms with Crippen molar-refractivity contribution in [1.29, 1.82) is 0 Å². The minimum atomic E-state index is -0.444. The molecule has 2 unspecified atom stereocenters. The van der Waals surface area contributed by atoms with Crippen molar-refractivity contribution < 1.29 is 14.6 Å². The molecule has 0 saturated carbocycles. The number of urea groups is 1. The number of benzene rings is 1.